The molecule has 160 valence electrons. The van der Waals surface area contributed by atoms with Gasteiger partial charge < -0.3 is 15.2 Å². The Morgan fingerprint density at radius 2 is 1.43 bits per heavy atom. The van der Waals surface area contributed by atoms with E-state index in [0.717, 1.165) is 24.1 Å². The summed E-state index contributed by atoms with van der Waals surface area (Å²) in [6.45, 7) is 1.51. The van der Waals surface area contributed by atoms with Crippen LogP contribution in [-0.4, -0.2) is 56.8 Å². The maximum Gasteiger partial charge on any atom is 0.121 e. The van der Waals surface area contributed by atoms with E-state index in [2.05, 4.69) is 11.0 Å². The molecule has 0 fully saturated rings. The van der Waals surface area contributed by atoms with Crippen LogP contribution in [0.15, 0.2) is 48.5 Å². The van der Waals surface area contributed by atoms with E-state index in [-0.39, 0.29) is 5.92 Å². The van der Waals surface area contributed by atoms with Gasteiger partial charge in [-0.1, -0.05) is 47.5 Å². The van der Waals surface area contributed by atoms with Crippen molar-refractivity contribution in [3.8, 4) is 6.07 Å². The van der Waals surface area contributed by atoms with Gasteiger partial charge in [0.15, 0.2) is 0 Å². The number of halogens is 2. The lowest BCUT2D eigenvalue weighted by atomic mass is 9.68. The summed E-state index contributed by atoms with van der Waals surface area (Å²) in [5.41, 5.74) is 1.19. The highest BCUT2D eigenvalue weighted by atomic mass is 35.5. The molecule has 0 heterocycles. The van der Waals surface area contributed by atoms with Gasteiger partial charge in [0.1, 0.15) is 5.41 Å². The smallest absolute Gasteiger partial charge is 0.121 e. The van der Waals surface area contributed by atoms with Gasteiger partial charge in [-0.05, 0) is 89.5 Å². The predicted octanol–water partition coefficient (Wildman–Crippen LogP) is 5.46. The van der Waals surface area contributed by atoms with Gasteiger partial charge >= 0.3 is 0 Å². The van der Waals surface area contributed by atoms with Gasteiger partial charge in [0.25, 0.3) is 0 Å². The van der Waals surface area contributed by atoms with Gasteiger partial charge in [0, 0.05) is 21.7 Å². The molecular formula is C24H30Cl2N4. The van der Waals surface area contributed by atoms with E-state index in [1.807, 2.05) is 69.5 Å². The molecule has 0 bridgehead atoms. The zero-order valence-corrected chi connectivity index (χ0v) is 19.6. The second-order valence-electron chi connectivity index (χ2n) is 8.19. The van der Waals surface area contributed by atoms with Crippen molar-refractivity contribution in [1.82, 2.24) is 9.80 Å². The molecule has 2 aromatic rings. The molecule has 0 saturated carbocycles. The Hall–Kier alpha value is -1.90. The predicted molar refractivity (Wildman–Crippen MR) is 127 cm³/mol. The summed E-state index contributed by atoms with van der Waals surface area (Å²) in [4.78, 5) is 4.15. The highest BCUT2D eigenvalue weighted by molar-refractivity contribution is 6.30. The van der Waals surface area contributed by atoms with Crippen molar-refractivity contribution < 1.29 is 0 Å². The third-order valence-corrected chi connectivity index (χ3v) is 5.91. The van der Waals surface area contributed by atoms with Crippen LogP contribution < -0.4 is 0 Å². The quantitative estimate of drug-likeness (QED) is 0.494. The van der Waals surface area contributed by atoms with Crippen LogP contribution in [0.4, 0.5) is 0 Å². The Labute approximate surface area is 190 Å². The molecule has 6 heteroatoms. The van der Waals surface area contributed by atoms with Crippen molar-refractivity contribution in [2.75, 3.05) is 41.3 Å². The fourth-order valence-electron chi connectivity index (χ4n) is 3.60. The molecule has 2 rings (SSSR count). The van der Waals surface area contributed by atoms with Crippen molar-refractivity contribution >= 4 is 28.9 Å². The monoisotopic (exact) mass is 444 g/mol. The molecule has 0 radical (unpaired) electrons. The molecule has 2 atom stereocenters. The zero-order chi connectivity index (χ0) is 22.3. The van der Waals surface area contributed by atoms with Gasteiger partial charge in [-0.25, -0.2) is 0 Å². The van der Waals surface area contributed by atoms with Crippen molar-refractivity contribution in [3.63, 3.8) is 0 Å². The lowest BCUT2D eigenvalue weighted by Gasteiger charge is -2.34. The lowest BCUT2D eigenvalue weighted by Crippen LogP contribution is -2.41. The number of nitriles is 1. The minimum Gasteiger partial charge on any atom is -0.309 e. The lowest BCUT2D eigenvalue weighted by molar-refractivity contribution is 0.373. The third kappa shape index (κ3) is 6.06. The Balaban J connectivity index is 2.55. The Morgan fingerprint density at radius 1 is 0.933 bits per heavy atom. The maximum absolute atomic E-state index is 10.4. The van der Waals surface area contributed by atoms with Crippen LogP contribution in [0, 0.1) is 16.7 Å². The third-order valence-electron chi connectivity index (χ3n) is 5.41. The van der Waals surface area contributed by atoms with Gasteiger partial charge in [-0.3, -0.25) is 0 Å². The molecule has 2 aromatic carbocycles. The second kappa shape index (κ2) is 10.9. The van der Waals surface area contributed by atoms with Crippen LogP contribution in [0.25, 0.3) is 0 Å². The second-order valence-corrected chi connectivity index (χ2v) is 9.06. The van der Waals surface area contributed by atoms with E-state index in [9.17, 15) is 10.7 Å². The summed E-state index contributed by atoms with van der Waals surface area (Å²) in [5, 5.41) is 21.0. The minimum absolute atomic E-state index is 0.192. The van der Waals surface area contributed by atoms with E-state index < -0.39 is 5.41 Å². The molecule has 1 N–H and O–H groups in total. The fourth-order valence-corrected chi connectivity index (χ4v) is 3.85. The average molecular weight is 445 g/mol. The molecule has 0 aromatic heterocycles. The molecule has 2 unspecified atom stereocenters. The van der Waals surface area contributed by atoms with Crippen molar-refractivity contribution in [3.05, 3.63) is 69.7 Å². The normalized spacial score (nSPS) is 14.4. The minimum atomic E-state index is -1.04. The Bertz CT molecular complexity index is 870. The molecule has 0 saturated heterocycles. The highest BCUT2D eigenvalue weighted by Gasteiger charge is 2.41. The summed E-state index contributed by atoms with van der Waals surface area (Å²) < 4.78 is 0. The van der Waals surface area contributed by atoms with Crippen molar-refractivity contribution in [2.45, 2.75) is 24.2 Å². The van der Waals surface area contributed by atoms with E-state index in [4.69, 9.17) is 23.2 Å². The van der Waals surface area contributed by atoms with Gasteiger partial charge in [-0.15, -0.1) is 0 Å². The van der Waals surface area contributed by atoms with Gasteiger partial charge in [-0.2, -0.15) is 5.26 Å². The standard InChI is InChI=1S/C24H30Cl2N4/c1-29(2)15-13-22(18-5-9-20(25)10-6-18)23(28)24(17-27,14-16-30(3)4)19-7-11-21(26)12-8-19/h5-12,22,28H,13-16H2,1-4H3. The molecule has 0 aliphatic heterocycles. The van der Waals surface area contributed by atoms with Crippen LogP contribution in [0.1, 0.15) is 29.9 Å². The van der Waals surface area contributed by atoms with Gasteiger partial charge in [0.05, 0.1) is 6.07 Å². The number of hydrogen-bond donors (Lipinski definition) is 1. The maximum atomic E-state index is 10.4. The summed E-state index contributed by atoms with van der Waals surface area (Å²) in [5.74, 6) is -0.192. The highest BCUT2D eigenvalue weighted by Crippen LogP contribution is 2.37. The Kier molecular flexibility index (Phi) is 8.88. The van der Waals surface area contributed by atoms with Crippen LogP contribution >= 0.6 is 23.2 Å². The van der Waals surface area contributed by atoms with E-state index in [0.29, 0.717) is 28.7 Å². The van der Waals surface area contributed by atoms with E-state index in [1.54, 1.807) is 12.1 Å². The number of hydrogen-bond acceptors (Lipinski definition) is 4. The van der Waals surface area contributed by atoms with Crippen LogP contribution in [0.3, 0.4) is 0 Å². The van der Waals surface area contributed by atoms with E-state index >= 15 is 0 Å². The summed E-state index contributed by atoms with van der Waals surface area (Å²) in [6, 6.07) is 17.5. The van der Waals surface area contributed by atoms with Crippen molar-refractivity contribution in [2.24, 2.45) is 0 Å². The summed E-state index contributed by atoms with van der Waals surface area (Å²) in [7, 11) is 8.00. The summed E-state index contributed by atoms with van der Waals surface area (Å²) in [6.07, 6.45) is 1.27. The van der Waals surface area contributed by atoms with E-state index in [1.165, 1.54) is 0 Å². The molecule has 4 nitrogen and oxygen atoms in total. The fraction of sp³-hybridized carbons (Fsp3) is 0.417. The van der Waals surface area contributed by atoms with Gasteiger partial charge in [0.2, 0.25) is 0 Å². The van der Waals surface area contributed by atoms with Crippen LogP contribution in [-0.2, 0) is 5.41 Å². The first-order valence-corrected chi connectivity index (χ1v) is 10.8. The molecule has 0 aliphatic carbocycles. The molecular weight excluding hydrogens is 415 g/mol. The molecule has 0 aliphatic rings. The SMILES string of the molecule is CN(C)CCC(C(=N)C(C#N)(CCN(C)C)c1ccc(Cl)cc1)c1ccc(Cl)cc1. The first-order valence-electron chi connectivity index (χ1n) is 10.0. The van der Waals surface area contributed by atoms with Crippen LogP contribution in [0.2, 0.25) is 10.0 Å². The van der Waals surface area contributed by atoms with Crippen LogP contribution in [0.5, 0.6) is 0 Å². The number of nitrogens with zero attached hydrogens (tertiary/aromatic N) is 3. The average Bonchev–Trinajstić information content (AvgIpc) is 2.71. The molecule has 0 spiro atoms. The molecule has 0 amide bonds. The largest absolute Gasteiger partial charge is 0.309 e. The number of benzene rings is 2. The molecule has 30 heavy (non-hydrogen) atoms. The first kappa shape index (κ1) is 24.4. The first-order chi connectivity index (χ1) is 14.2. The Morgan fingerprint density at radius 3 is 1.90 bits per heavy atom. The number of nitrogens with one attached hydrogen (secondary N) is 1. The number of rotatable bonds is 10. The summed E-state index contributed by atoms with van der Waals surface area (Å²) >= 11 is 12.2. The topological polar surface area (TPSA) is 54.1 Å². The van der Waals surface area contributed by atoms with Crippen molar-refractivity contribution in [1.29, 1.82) is 10.7 Å². The zero-order valence-electron chi connectivity index (χ0n) is 18.1.